The molecule has 0 fully saturated rings. The van der Waals surface area contributed by atoms with E-state index in [1.807, 2.05) is 0 Å². The van der Waals surface area contributed by atoms with Crippen LogP contribution in [0.2, 0.25) is 0 Å². The summed E-state index contributed by atoms with van der Waals surface area (Å²) in [6.07, 6.45) is 21.2. The third-order valence-electron chi connectivity index (χ3n) is 4.61. The molecule has 0 bridgehead atoms. The van der Waals surface area contributed by atoms with E-state index >= 15 is 0 Å². The van der Waals surface area contributed by atoms with Crippen molar-refractivity contribution in [2.45, 2.75) is 117 Å². The van der Waals surface area contributed by atoms with E-state index < -0.39 is 10.1 Å². The Kier molecular flexibility index (Phi) is 23.9. The first-order valence-corrected chi connectivity index (χ1v) is 12.1. The van der Waals surface area contributed by atoms with Crippen molar-refractivity contribution in [1.29, 1.82) is 0 Å². The molecule has 0 N–H and O–H groups in total. The zero-order valence-corrected chi connectivity index (χ0v) is 20.2. The zero-order valence-electron chi connectivity index (χ0n) is 18.4. The van der Waals surface area contributed by atoms with Crippen molar-refractivity contribution in [3.63, 3.8) is 0 Å². The summed E-state index contributed by atoms with van der Waals surface area (Å²) in [4.78, 5) is 0. The first-order chi connectivity index (χ1) is 11.6. The molecule has 0 spiro atoms. The molecule has 0 aromatic rings. The Balaban J connectivity index is -0.00000264. The fourth-order valence-electron chi connectivity index (χ4n) is 2.92. The van der Waals surface area contributed by atoms with E-state index in [1.165, 1.54) is 89.9 Å². The van der Waals surface area contributed by atoms with Gasteiger partial charge in [-0.1, -0.05) is 103 Å². The van der Waals surface area contributed by atoms with Crippen LogP contribution in [-0.4, -0.2) is 20.8 Å². The van der Waals surface area contributed by atoms with Gasteiger partial charge in [-0.05, 0) is 13.3 Å². The number of rotatable bonds is 19. The minimum Gasteiger partial charge on any atom is -1.00 e. The van der Waals surface area contributed by atoms with Crippen molar-refractivity contribution < 1.29 is 43.6 Å². The second kappa shape index (κ2) is 21.2. The Hall–Kier alpha value is 0.910. The Morgan fingerprint density at radius 3 is 1.24 bits per heavy atom. The maximum atomic E-state index is 11.1. The first-order valence-electron chi connectivity index (χ1n) is 10.5. The third-order valence-corrected chi connectivity index (χ3v) is 5.85. The molecule has 0 saturated carbocycles. The van der Waals surface area contributed by atoms with Crippen LogP contribution >= 0.6 is 0 Å². The van der Waals surface area contributed by atoms with Crippen LogP contribution in [0.4, 0.5) is 0 Å². The molecule has 0 radical (unpaired) electrons. The molecule has 0 atom stereocenters. The number of hydrogen-bond acceptors (Lipinski definition) is 3. The second-order valence-electron chi connectivity index (χ2n) is 6.97. The molecular weight excluding hydrogens is 343 g/mol. The predicted molar refractivity (Wildman–Crippen MR) is 106 cm³/mol. The average molecular weight is 387 g/mol. The van der Waals surface area contributed by atoms with Crippen LogP contribution in [0.3, 0.4) is 0 Å². The van der Waals surface area contributed by atoms with Gasteiger partial charge in [0.15, 0.2) is 0 Å². The van der Waals surface area contributed by atoms with E-state index in [0.29, 0.717) is 6.61 Å². The van der Waals surface area contributed by atoms with Crippen LogP contribution in [0, 0.1) is 0 Å². The fourth-order valence-corrected chi connectivity index (χ4v) is 3.46. The van der Waals surface area contributed by atoms with Crippen LogP contribution in [0.1, 0.15) is 118 Å². The average Bonchev–Trinajstić information content (AvgIpc) is 2.57. The summed E-state index contributed by atoms with van der Waals surface area (Å²) in [6, 6.07) is 0. The third kappa shape index (κ3) is 22.9. The van der Waals surface area contributed by atoms with Gasteiger partial charge in [0.05, 0.1) is 12.4 Å². The Morgan fingerprint density at radius 2 is 0.920 bits per heavy atom. The minimum atomic E-state index is -3.24. The summed E-state index contributed by atoms with van der Waals surface area (Å²) in [6.45, 7) is 4.24. The smallest absolute Gasteiger partial charge is 1.00 e. The molecular formula is C20H43NaO3S. The van der Waals surface area contributed by atoms with E-state index in [2.05, 4.69) is 6.92 Å². The standard InChI is InChI=1S/C20H42O3S.Na.H/c1-3-5-6-7-8-9-10-11-12-13-14-15-16-17-18-19-20-23-24(21,22)4-2;;/h3-20H2,1-2H3;;/q;+1;-1. The number of hydrogen-bond donors (Lipinski definition) is 0. The first kappa shape index (κ1) is 28.1. The summed E-state index contributed by atoms with van der Waals surface area (Å²) >= 11 is 0. The van der Waals surface area contributed by atoms with Gasteiger partial charge in [-0.15, -0.1) is 0 Å². The van der Waals surface area contributed by atoms with E-state index in [-0.39, 0.29) is 36.7 Å². The molecule has 0 aliphatic rings. The largest absolute Gasteiger partial charge is 1.00 e. The number of unbranched alkanes of at least 4 members (excludes halogenated alkanes) is 15. The Bertz CT molecular complexity index is 351. The van der Waals surface area contributed by atoms with Crippen LogP contribution in [0.5, 0.6) is 0 Å². The van der Waals surface area contributed by atoms with Crippen LogP contribution in [0.25, 0.3) is 0 Å². The van der Waals surface area contributed by atoms with E-state index in [9.17, 15) is 8.42 Å². The molecule has 148 valence electrons. The van der Waals surface area contributed by atoms with Gasteiger partial charge < -0.3 is 1.43 Å². The van der Waals surface area contributed by atoms with Crippen LogP contribution in [-0.2, 0) is 14.3 Å². The summed E-state index contributed by atoms with van der Waals surface area (Å²) in [5, 5.41) is 0. The van der Waals surface area contributed by atoms with Gasteiger partial charge in [0.25, 0.3) is 10.1 Å². The van der Waals surface area contributed by atoms with E-state index in [0.717, 1.165) is 12.8 Å². The maximum Gasteiger partial charge on any atom is 1.00 e. The van der Waals surface area contributed by atoms with E-state index in [1.54, 1.807) is 6.92 Å². The monoisotopic (exact) mass is 386 g/mol. The molecule has 0 aliphatic carbocycles. The van der Waals surface area contributed by atoms with Gasteiger partial charge in [-0.25, -0.2) is 0 Å². The molecule has 0 rings (SSSR count). The summed E-state index contributed by atoms with van der Waals surface area (Å²) in [5.74, 6) is 0.0753. The van der Waals surface area contributed by atoms with Crippen molar-refractivity contribution in [3.05, 3.63) is 0 Å². The molecule has 0 unspecified atom stereocenters. The zero-order chi connectivity index (χ0) is 17.9. The molecule has 0 heterocycles. The molecule has 0 amide bonds. The predicted octanol–water partition coefficient (Wildman–Crippen LogP) is 3.73. The minimum absolute atomic E-state index is 0. The molecule has 5 heteroatoms. The quantitative estimate of drug-likeness (QED) is 0.193. The van der Waals surface area contributed by atoms with Gasteiger partial charge in [0.1, 0.15) is 0 Å². The van der Waals surface area contributed by atoms with Gasteiger partial charge in [0.2, 0.25) is 0 Å². The maximum absolute atomic E-state index is 11.1. The van der Waals surface area contributed by atoms with Crippen LogP contribution in [0.15, 0.2) is 0 Å². The van der Waals surface area contributed by atoms with Crippen molar-refractivity contribution in [2.75, 3.05) is 12.4 Å². The fraction of sp³-hybridized carbons (Fsp3) is 1.00. The summed E-state index contributed by atoms with van der Waals surface area (Å²) < 4.78 is 27.1. The molecule has 0 aliphatic heterocycles. The molecule has 0 aromatic heterocycles. The normalized spacial score (nSPS) is 11.4. The van der Waals surface area contributed by atoms with Crippen molar-refractivity contribution >= 4 is 10.1 Å². The van der Waals surface area contributed by atoms with Gasteiger partial charge in [0, 0.05) is 0 Å². The van der Waals surface area contributed by atoms with Crippen molar-refractivity contribution in [1.82, 2.24) is 0 Å². The summed E-state index contributed by atoms with van der Waals surface area (Å²) in [7, 11) is -3.24. The van der Waals surface area contributed by atoms with Crippen molar-refractivity contribution in [2.24, 2.45) is 0 Å². The topological polar surface area (TPSA) is 43.4 Å². The van der Waals surface area contributed by atoms with Crippen LogP contribution < -0.4 is 29.6 Å². The van der Waals surface area contributed by atoms with E-state index in [4.69, 9.17) is 4.18 Å². The molecule has 0 aromatic carbocycles. The Morgan fingerprint density at radius 1 is 0.600 bits per heavy atom. The molecule has 25 heavy (non-hydrogen) atoms. The van der Waals surface area contributed by atoms with Crippen molar-refractivity contribution in [3.8, 4) is 0 Å². The Labute approximate surface area is 182 Å². The van der Waals surface area contributed by atoms with Gasteiger partial charge in [-0.2, -0.15) is 8.42 Å². The summed E-state index contributed by atoms with van der Waals surface area (Å²) in [5.41, 5.74) is 0. The van der Waals surface area contributed by atoms with Gasteiger partial charge >= 0.3 is 29.6 Å². The van der Waals surface area contributed by atoms with Gasteiger partial charge in [-0.3, -0.25) is 4.18 Å². The second-order valence-corrected chi connectivity index (χ2v) is 8.90. The SMILES string of the molecule is CCCCCCCCCCCCCCCCCCOS(=O)(=O)CC.[H-].[Na+]. The molecule has 0 saturated heterocycles. The molecule has 3 nitrogen and oxygen atoms in total.